The summed E-state index contributed by atoms with van der Waals surface area (Å²) in [5.74, 6) is 0.906. The van der Waals surface area contributed by atoms with Gasteiger partial charge in [-0.1, -0.05) is 35.9 Å². The molecule has 0 aliphatic rings. The summed E-state index contributed by atoms with van der Waals surface area (Å²) in [6, 6.07) is 12.9. The van der Waals surface area contributed by atoms with E-state index in [4.69, 9.17) is 9.47 Å². The number of ether oxygens (including phenoxy) is 2. The predicted octanol–water partition coefficient (Wildman–Crippen LogP) is 3.34. The maximum Gasteiger partial charge on any atom is 0.237 e. The van der Waals surface area contributed by atoms with Crippen LogP contribution < -0.4 is 14.2 Å². The van der Waals surface area contributed by atoms with Gasteiger partial charge in [0.2, 0.25) is 15.9 Å². The van der Waals surface area contributed by atoms with Gasteiger partial charge < -0.3 is 14.4 Å². The summed E-state index contributed by atoms with van der Waals surface area (Å²) in [6.45, 7) is 6.67. The van der Waals surface area contributed by atoms with Gasteiger partial charge in [0.15, 0.2) is 11.5 Å². The number of aryl methyl sites for hydroxylation is 1. The van der Waals surface area contributed by atoms with E-state index >= 15 is 0 Å². The molecule has 0 unspecified atom stereocenters. The van der Waals surface area contributed by atoms with E-state index in [1.54, 1.807) is 18.1 Å². The van der Waals surface area contributed by atoms with Gasteiger partial charge >= 0.3 is 0 Å². The van der Waals surface area contributed by atoms with E-state index in [1.807, 2.05) is 57.2 Å². The summed E-state index contributed by atoms with van der Waals surface area (Å²) < 4.78 is 37.7. The fraction of sp³-hybridized carbons (Fsp3) is 0.348. The number of hydrogen-bond donors (Lipinski definition) is 1. The van der Waals surface area contributed by atoms with Crippen molar-refractivity contribution in [2.75, 3.05) is 26.8 Å². The van der Waals surface area contributed by atoms with Gasteiger partial charge in [0.25, 0.3) is 0 Å². The Balaban J connectivity index is 1.98. The Morgan fingerprint density at radius 3 is 2.42 bits per heavy atom. The van der Waals surface area contributed by atoms with Crippen molar-refractivity contribution >= 4 is 22.0 Å². The van der Waals surface area contributed by atoms with Gasteiger partial charge in [0.05, 0.1) is 20.3 Å². The van der Waals surface area contributed by atoms with E-state index in [0.29, 0.717) is 31.2 Å². The van der Waals surface area contributed by atoms with Crippen LogP contribution in [0.1, 0.15) is 30.5 Å². The van der Waals surface area contributed by atoms with Crippen molar-refractivity contribution in [3.63, 3.8) is 0 Å². The average molecular weight is 447 g/mol. The Labute approximate surface area is 184 Å². The molecule has 0 saturated heterocycles. The molecule has 2 rings (SSSR count). The minimum atomic E-state index is -3.74. The van der Waals surface area contributed by atoms with Gasteiger partial charge in [-0.3, -0.25) is 4.79 Å². The molecule has 8 heteroatoms. The molecule has 168 valence electrons. The number of likely N-dealkylation sites (N-methyl/N-ethyl adjacent to an activating group) is 1. The molecular weight excluding hydrogens is 416 g/mol. The molecule has 0 fully saturated rings. The van der Waals surface area contributed by atoms with E-state index in [9.17, 15) is 13.2 Å². The summed E-state index contributed by atoms with van der Waals surface area (Å²) >= 11 is 0. The molecule has 1 N–H and O–H groups in total. The third kappa shape index (κ3) is 7.73. The first-order valence-electron chi connectivity index (χ1n) is 10.1. The molecule has 0 aliphatic heterocycles. The zero-order valence-corrected chi connectivity index (χ0v) is 19.2. The SMILES string of the molecule is CCOc1ccc(CN(CC)C(=O)CNS(=O)(=O)/C=C/c2ccc(C)cc2)cc1OC. The number of carbonyl (C=O) groups excluding carboxylic acids is 1. The lowest BCUT2D eigenvalue weighted by atomic mass is 10.2. The fourth-order valence-electron chi connectivity index (χ4n) is 2.85. The van der Waals surface area contributed by atoms with Crippen LogP contribution >= 0.6 is 0 Å². The molecule has 0 radical (unpaired) electrons. The lowest BCUT2D eigenvalue weighted by Crippen LogP contribution is -2.39. The van der Waals surface area contributed by atoms with Crippen LogP contribution in [0.3, 0.4) is 0 Å². The normalized spacial score (nSPS) is 11.5. The quantitative estimate of drug-likeness (QED) is 0.572. The van der Waals surface area contributed by atoms with Crippen LogP contribution in [-0.4, -0.2) is 46.0 Å². The van der Waals surface area contributed by atoms with Crippen molar-refractivity contribution in [1.29, 1.82) is 0 Å². The van der Waals surface area contributed by atoms with Crippen LogP contribution in [0.25, 0.3) is 6.08 Å². The minimum absolute atomic E-state index is 0.317. The van der Waals surface area contributed by atoms with Crippen LogP contribution in [-0.2, 0) is 21.4 Å². The second-order valence-electron chi connectivity index (χ2n) is 6.91. The van der Waals surface area contributed by atoms with E-state index in [0.717, 1.165) is 22.1 Å². The van der Waals surface area contributed by atoms with Gasteiger partial charge in [-0.15, -0.1) is 0 Å². The van der Waals surface area contributed by atoms with Crippen LogP contribution in [0, 0.1) is 6.92 Å². The predicted molar refractivity (Wildman–Crippen MR) is 122 cm³/mol. The first-order valence-corrected chi connectivity index (χ1v) is 11.6. The smallest absolute Gasteiger partial charge is 0.237 e. The monoisotopic (exact) mass is 446 g/mol. The largest absolute Gasteiger partial charge is 0.493 e. The van der Waals surface area contributed by atoms with E-state index < -0.39 is 10.0 Å². The van der Waals surface area contributed by atoms with E-state index in [-0.39, 0.29) is 12.5 Å². The number of nitrogens with zero attached hydrogens (tertiary/aromatic N) is 1. The number of carbonyl (C=O) groups is 1. The van der Waals surface area contributed by atoms with Crippen molar-refractivity contribution in [2.45, 2.75) is 27.3 Å². The molecule has 31 heavy (non-hydrogen) atoms. The first kappa shape index (κ1) is 24.4. The fourth-order valence-corrected chi connectivity index (χ4v) is 3.61. The van der Waals surface area contributed by atoms with Crippen molar-refractivity contribution < 1.29 is 22.7 Å². The Kier molecular flexibility index (Phi) is 9.08. The Hall–Kier alpha value is -2.84. The van der Waals surface area contributed by atoms with Crippen LogP contribution in [0.2, 0.25) is 0 Å². The molecule has 0 bridgehead atoms. The van der Waals surface area contributed by atoms with Gasteiger partial charge in [0.1, 0.15) is 0 Å². The van der Waals surface area contributed by atoms with Gasteiger partial charge in [-0.25, -0.2) is 13.1 Å². The van der Waals surface area contributed by atoms with Gasteiger partial charge in [-0.2, -0.15) is 0 Å². The second-order valence-corrected chi connectivity index (χ2v) is 8.56. The number of methoxy groups -OCH3 is 1. The number of hydrogen-bond acceptors (Lipinski definition) is 5. The van der Waals surface area contributed by atoms with Crippen LogP contribution in [0.4, 0.5) is 0 Å². The molecule has 0 atom stereocenters. The van der Waals surface area contributed by atoms with Crippen LogP contribution in [0.15, 0.2) is 47.9 Å². The van der Waals surface area contributed by atoms with Crippen molar-refractivity contribution in [2.24, 2.45) is 0 Å². The van der Waals surface area contributed by atoms with E-state index in [1.165, 1.54) is 6.08 Å². The molecule has 2 aromatic carbocycles. The summed E-state index contributed by atoms with van der Waals surface area (Å²) in [7, 11) is -2.18. The molecule has 0 aromatic heterocycles. The van der Waals surface area contributed by atoms with Crippen molar-refractivity contribution in [1.82, 2.24) is 9.62 Å². The number of sulfonamides is 1. The van der Waals surface area contributed by atoms with Gasteiger partial charge in [0, 0.05) is 18.5 Å². The van der Waals surface area contributed by atoms with Crippen molar-refractivity contribution in [3.8, 4) is 11.5 Å². The first-order chi connectivity index (χ1) is 14.8. The summed E-state index contributed by atoms with van der Waals surface area (Å²) in [6.07, 6.45) is 1.50. The third-order valence-corrected chi connectivity index (χ3v) is 5.62. The number of nitrogens with one attached hydrogen (secondary N) is 1. The highest BCUT2D eigenvalue weighted by Gasteiger charge is 2.16. The standard InChI is InChI=1S/C23H30N2O5S/c1-5-25(17-20-11-12-21(30-6-2)22(15-20)29-4)23(26)16-24-31(27,28)14-13-19-9-7-18(3)8-10-19/h7-15,24H,5-6,16-17H2,1-4H3/b14-13+. The van der Waals surface area contributed by atoms with Crippen LogP contribution in [0.5, 0.6) is 11.5 Å². The molecule has 2 aromatic rings. The minimum Gasteiger partial charge on any atom is -0.493 e. The lowest BCUT2D eigenvalue weighted by molar-refractivity contribution is -0.130. The third-order valence-electron chi connectivity index (χ3n) is 4.58. The summed E-state index contributed by atoms with van der Waals surface area (Å²) in [5.41, 5.74) is 2.72. The van der Waals surface area contributed by atoms with Gasteiger partial charge in [-0.05, 0) is 50.1 Å². The Bertz CT molecular complexity index is 1000. The zero-order valence-electron chi connectivity index (χ0n) is 18.4. The molecule has 1 amide bonds. The highest BCUT2D eigenvalue weighted by molar-refractivity contribution is 7.92. The number of benzene rings is 2. The number of rotatable bonds is 11. The lowest BCUT2D eigenvalue weighted by Gasteiger charge is -2.21. The zero-order chi connectivity index (χ0) is 22.9. The van der Waals surface area contributed by atoms with Crippen molar-refractivity contribution in [3.05, 3.63) is 64.6 Å². The molecular formula is C23H30N2O5S. The molecule has 0 aliphatic carbocycles. The maximum atomic E-state index is 12.6. The molecule has 7 nitrogen and oxygen atoms in total. The topological polar surface area (TPSA) is 84.9 Å². The summed E-state index contributed by atoms with van der Waals surface area (Å²) in [5, 5.41) is 1.07. The highest BCUT2D eigenvalue weighted by Crippen LogP contribution is 2.28. The highest BCUT2D eigenvalue weighted by atomic mass is 32.2. The molecule has 0 saturated carbocycles. The Morgan fingerprint density at radius 1 is 1.10 bits per heavy atom. The van der Waals surface area contributed by atoms with E-state index in [2.05, 4.69) is 4.72 Å². The number of amides is 1. The maximum absolute atomic E-state index is 12.6. The Morgan fingerprint density at radius 2 is 1.81 bits per heavy atom. The second kappa shape index (κ2) is 11.5. The summed E-state index contributed by atoms with van der Waals surface area (Å²) in [4.78, 5) is 14.2. The average Bonchev–Trinajstić information content (AvgIpc) is 2.76. The molecule has 0 spiro atoms. The molecule has 0 heterocycles.